The Kier molecular flexibility index (Phi) is 2.81. The molecule has 16 heavy (non-hydrogen) atoms. The van der Waals surface area contributed by atoms with E-state index in [1.165, 1.54) is 12.5 Å². The van der Waals surface area contributed by atoms with Gasteiger partial charge in [0.25, 0.3) is 0 Å². The van der Waals surface area contributed by atoms with Crippen molar-refractivity contribution in [3.05, 3.63) is 47.1 Å². The van der Waals surface area contributed by atoms with E-state index in [-0.39, 0.29) is 11.6 Å². The number of nitrogens with zero attached hydrogens (tertiary/aromatic N) is 2. The molecule has 0 aliphatic carbocycles. The molecule has 0 N–H and O–H groups in total. The van der Waals surface area contributed by atoms with Gasteiger partial charge in [0, 0.05) is 6.92 Å². The van der Waals surface area contributed by atoms with Crippen molar-refractivity contribution < 1.29 is 9.32 Å². The molecule has 2 aromatic rings. The second kappa shape index (κ2) is 4.26. The molecule has 4 nitrogen and oxygen atoms in total. The molecule has 2 rings (SSSR count). The minimum Gasteiger partial charge on any atom is -0.339 e. The molecule has 0 aliphatic heterocycles. The molecular weight excluding hydrogens is 204 g/mol. The van der Waals surface area contributed by atoms with Crippen molar-refractivity contribution in [1.82, 2.24) is 10.1 Å². The zero-order valence-electron chi connectivity index (χ0n) is 9.23. The first-order valence-electron chi connectivity index (χ1n) is 5.04. The lowest BCUT2D eigenvalue weighted by Gasteiger charge is -1.96. The van der Waals surface area contributed by atoms with Crippen LogP contribution in [0.4, 0.5) is 0 Å². The highest BCUT2D eigenvalue weighted by Crippen LogP contribution is 2.09. The molecule has 1 aromatic carbocycles. The third-order valence-electron chi connectivity index (χ3n) is 2.26. The number of rotatable bonds is 3. The van der Waals surface area contributed by atoms with E-state index in [4.69, 9.17) is 4.52 Å². The van der Waals surface area contributed by atoms with E-state index < -0.39 is 0 Å². The number of Topliss-reactive ketones (excluding diaryl/α,β-unsaturated/α-hetero) is 1. The van der Waals surface area contributed by atoms with Gasteiger partial charge in [0.1, 0.15) is 0 Å². The molecule has 0 radical (unpaired) electrons. The van der Waals surface area contributed by atoms with Crippen molar-refractivity contribution >= 4 is 5.78 Å². The zero-order valence-corrected chi connectivity index (χ0v) is 9.23. The Morgan fingerprint density at radius 1 is 1.31 bits per heavy atom. The van der Waals surface area contributed by atoms with E-state index in [1.54, 1.807) is 0 Å². The van der Waals surface area contributed by atoms with Gasteiger partial charge in [0.2, 0.25) is 17.5 Å². The van der Waals surface area contributed by atoms with Crippen LogP contribution >= 0.6 is 0 Å². The summed E-state index contributed by atoms with van der Waals surface area (Å²) in [6, 6.07) is 8.06. The summed E-state index contributed by atoms with van der Waals surface area (Å²) in [6.07, 6.45) is 0.556. The van der Waals surface area contributed by atoms with E-state index in [1.807, 2.05) is 31.2 Å². The summed E-state index contributed by atoms with van der Waals surface area (Å²) >= 11 is 0. The lowest BCUT2D eigenvalue weighted by molar-refractivity contribution is 0.100. The van der Waals surface area contributed by atoms with Gasteiger partial charge in [-0.05, 0) is 12.5 Å². The van der Waals surface area contributed by atoms with Crippen molar-refractivity contribution in [3.8, 4) is 0 Å². The van der Waals surface area contributed by atoms with E-state index in [0.29, 0.717) is 12.3 Å². The van der Waals surface area contributed by atoms with Crippen molar-refractivity contribution in [2.45, 2.75) is 20.3 Å². The highest BCUT2D eigenvalue weighted by Gasteiger charge is 2.10. The van der Waals surface area contributed by atoms with Crippen molar-refractivity contribution in [2.75, 3.05) is 0 Å². The van der Waals surface area contributed by atoms with Gasteiger partial charge >= 0.3 is 0 Å². The van der Waals surface area contributed by atoms with Crippen LogP contribution in [0.2, 0.25) is 0 Å². The number of benzene rings is 1. The minimum absolute atomic E-state index is 0.141. The van der Waals surface area contributed by atoms with Crippen molar-refractivity contribution in [3.63, 3.8) is 0 Å². The van der Waals surface area contributed by atoms with Gasteiger partial charge in [0.05, 0.1) is 6.42 Å². The van der Waals surface area contributed by atoms with Crippen LogP contribution in [0, 0.1) is 6.92 Å². The maximum absolute atomic E-state index is 11.0. The van der Waals surface area contributed by atoms with Crippen LogP contribution < -0.4 is 0 Å². The molecule has 0 unspecified atom stereocenters. The fourth-order valence-corrected chi connectivity index (χ4v) is 1.35. The summed E-state index contributed by atoms with van der Waals surface area (Å²) < 4.78 is 4.98. The molecular formula is C12H12N2O2. The zero-order chi connectivity index (χ0) is 11.5. The fourth-order valence-electron chi connectivity index (χ4n) is 1.35. The van der Waals surface area contributed by atoms with Crippen molar-refractivity contribution in [1.29, 1.82) is 0 Å². The first-order chi connectivity index (χ1) is 7.65. The lowest BCUT2D eigenvalue weighted by Crippen LogP contribution is -1.95. The quantitative estimate of drug-likeness (QED) is 0.738. The summed E-state index contributed by atoms with van der Waals surface area (Å²) in [5.41, 5.74) is 2.29. The van der Waals surface area contributed by atoms with Crippen LogP contribution in [0.5, 0.6) is 0 Å². The third-order valence-corrected chi connectivity index (χ3v) is 2.26. The third kappa shape index (κ3) is 2.34. The predicted octanol–water partition coefficient (Wildman–Crippen LogP) is 2.17. The van der Waals surface area contributed by atoms with Crippen LogP contribution in [0.25, 0.3) is 0 Å². The van der Waals surface area contributed by atoms with Crippen LogP contribution in [-0.4, -0.2) is 15.9 Å². The summed E-state index contributed by atoms with van der Waals surface area (Å²) in [4.78, 5) is 15.0. The topological polar surface area (TPSA) is 56.0 Å². The summed E-state index contributed by atoms with van der Waals surface area (Å²) in [5.74, 6) is 0.426. The van der Waals surface area contributed by atoms with Gasteiger partial charge in [-0.3, -0.25) is 4.79 Å². The van der Waals surface area contributed by atoms with Crippen LogP contribution in [0.15, 0.2) is 28.8 Å². The molecule has 1 aromatic heterocycles. The normalized spacial score (nSPS) is 10.4. The largest absolute Gasteiger partial charge is 0.339 e. The SMILES string of the molecule is CC(=O)c1noc(Cc2ccc(C)cc2)n1. The molecule has 82 valence electrons. The first-order valence-corrected chi connectivity index (χ1v) is 5.04. The molecule has 1 heterocycles. The number of hydrogen-bond donors (Lipinski definition) is 0. The fraction of sp³-hybridized carbons (Fsp3) is 0.250. The Hall–Kier alpha value is -1.97. The minimum atomic E-state index is -0.182. The average molecular weight is 216 g/mol. The van der Waals surface area contributed by atoms with E-state index >= 15 is 0 Å². The van der Waals surface area contributed by atoms with Gasteiger partial charge in [-0.2, -0.15) is 4.98 Å². The Morgan fingerprint density at radius 2 is 2.00 bits per heavy atom. The predicted molar refractivity (Wildman–Crippen MR) is 58.3 cm³/mol. The number of ketones is 1. The number of aryl methyl sites for hydroxylation is 1. The molecule has 0 saturated heterocycles. The highest BCUT2D eigenvalue weighted by molar-refractivity contribution is 5.89. The number of carbonyl (C=O) groups excluding carboxylic acids is 1. The molecule has 0 aliphatic rings. The van der Waals surface area contributed by atoms with Gasteiger partial charge in [0.15, 0.2) is 0 Å². The number of carbonyl (C=O) groups is 1. The Morgan fingerprint density at radius 3 is 2.56 bits per heavy atom. The maximum atomic E-state index is 11.0. The summed E-state index contributed by atoms with van der Waals surface area (Å²) in [5, 5.41) is 3.59. The van der Waals surface area contributed by atoms with Crippen LogP contribution in [-0.2, 0) is 6.42 Å². The first kappa shape index (κ1) is 10.5. The molecule has 0 amide bonds. The summed E-state index contributed by atoms with van der Waals surface area (Å²) in [6.45, 7) is 3.45. The molecule has 0 bridgehead atoms. The Balaban J connectivity index is 2.14. The second-order valence-electron chi connectivity index (χ2n) is 3.73. The van der Waals surface area contributed by atoms with Gasteiger partial charge in [-0.25, -0.2) is 0 Å². The van der Waals surface area contributed by atoms with E-state index in [9.17, 15) is 4.79 Å². The standard InChI is InChI=1S/C12H12N2O2/c1-8-3-5-10(6-4-8)7-11-13-12(9(2)15)14-16-11/h3-6H,7H2,1-2H3. The Bertz CT molecular complexity index is 500. The number of aromatic nitrogens is 2. The van der Waals surface area contributed by atoms with Crippen LogP contribution in [0.3, 0.4) is 0 Å². The maximum Gasteiger partial charge on any atom is 0.238 e. The smallest absolute Gasteiger partial charge is 0.238 e. The van der Waals surface area contributed by atoms with E-state index in [0.717, 1.165) is 5.56 Å². The molecule has 0 fully saturated rings. The lowest BCUT2D eigenvalue weighted by atomic mass is 10.1. The van der Waals surface area contributed by atoms with Gasteiger partial charge in [-0.1, -0.05) is 35.0 Å². The monoisotopic (exact) mass is 216 g/mol. The molecule has 0 atom stereocenters. The molecule has 0 spiro atoms. The average Bonchev–Trinajstić information content (AvgIpc) is 2.70. The van der Waals surface area contributed by atoms with Gasteiger partial charge in [-0.15, -0.1) is 0 Å². The molecule has 4 heteroatoms. The second-order valence-corrected chi connectivity index (χ2v) is 3.73. The summed E-state index contributed by atoms with van der Waals surface area (Å²) in [7, 11) is 0. The van der Waals surface area contributed by atoms with Gasteiger partial charge < -0.3 is 4.52 Å². The highest BCUT2D eigenvalue weighted by atomic mass is 16.5. The Labute approximate surface area is 93.3 Å². The van der Waals surface area contributed by atoms with Crippen molar-refractivity contribution in [2.24, 2.45) is 0 Å². The molecule has 0 saturated carbocycles. The van der Waals surface area contributed by atoms with E-state index in [2.05, 4.69) is 10.1 Å². The number of hydrogen-bond acceptors (Lipinski definition) is 4. The van der Waals surface area contributed by atoms with Crippen LogP contribution in [0.1, 0.15) is 34.6 Å².